The molecule has 2 N–H and O–H groups in total. The number of amides is 1. The lowest BCUT2D eigenvalue weighted by atomic mass is 9.90. The number of ether oxygens (including phenoxy) is 1. The number of pyridine rings is 1. The van der Waals surface area contributed by atoms with Gasteiger partial charge in [0.25, 0.3) is 5.91 Å². The van der Waals surface area contributed by atoms with Crippen molar-refractivity contribution < 1.29 is 19.0 Å². The molecule has 1 amide bonds. The Morgan fingerprint density at radius 3 is 2.91 bits per heavy atom. The number of hydrogen-bond donors (Lipinski definition) is 2. The molecule has 1 aromatic heterocycles. The average molecular weight is 462 g/mol. The summed E-state index contributed by atoms with van der Waals surface area (Å²) in [4.78, 5) is 20.3. The van der Waals surface area contributed by atoms with Crippen LogP contribution in [0.15, 0.2) is 18.2 Å². The number of rotatable bonds is 6. The van der Waals surface area contributed by atoms with Gasteiger partial charge in [-0.2, -0.15) is 0 Å². The van der Waals surface area contributed by atoms with Crippen LogP contribution in [0.4, 0.5) is 4.39 Å². The summed E-state index contributed by atoms with van der Waals surface area (Å²) in [6, 6.07) is 3.96. The predicted molar refractivity (Wildman–Crippen MR) is 122 cm³/mol. The number of aromatic hydroxyl groups is 1. The Kier molecular flexibility index (Phi) is 6.86. The van der Waals surface area contributed by atoms with Crippen LogP contribution >= 0.6 is 11.6 Å². The van der Waals surface area contributed by atoms with Gasteiger partial charge in [-0.05, 0) is 25.0 Å². The van der Waals surface area contributed by atoms with Gasteiger partial charge in [0.05, 0.1) is 23.0 Å². The van der Waals surface area contributed by atoms with Crippen LogP contribution in [0.5, 0.6) is 11.5 Å². The fourth-order valence-corrected chi connectivity index (χ4v) is 4.88. The largest absolute Gasteiger partial charge is 0.507 e. The summed E-state index contributed by atoms with van der Waals surface area (Å²) in [5.74, 6) is -0.807. The molecule has 0 saturated carbocycles. The van der Waals surface area contributed by atoms with E-state index in [1.165, 1.54) is 18.2 Å². The Hall–Kier alpha value is -2.38. The smallest absolute Gasteiger partial charge is 0.260 e. The third-order valence-electron chi connectivity index (χ3n) is 6.38. The zero-order chi connectivity index (χ0) is 22.8. The molecular formula is C24H29ClFN3O3. The summed E-state index contributed by atoms with van der Waals surface area (Å²) in [5.41, 5.74) is 0.979. The monoisotopic (exact) mass is 461 g/mol. The van der Waals surface area contributed by atoms with E-state index in [1.807, 2.05) is 4.90 Å². The number of phenols is 1. The van der Waals surface area contributed by atoms with Gasteiger partial charge < -0.3 is 20.1 Å². The Labute approximate surface area is 192 Å². The zero-order valence-corrected chi connectivity index (χ0v) is 19.2. The van der Waals surface area contributed by atoms with E-state index in [4.69, 9.17) is 21.3 Å². The number of hydrogen-bond acceptors (Lipinski definition) is 5. The molecule has 2 unspecified atom stereocenters. The van der Waals surface area contributed by atoms with E-state index in [9.17, 15) is 14.3 Å². The molecule has 4 rings (SSSR count). The second kappa shape index (κ2) is 9.63. The maximum Gasteiger partial charge on any atom is 0.260 e. The standard InChI is InChI=1S/C24H29ClFN3O3/c1-3-5-7-14(4-2)21-19-23(32-13-15-12-27-10-11-29(15)24(19)31)20(25)22(28-21)18-16(26)8-6-9-17(18)30/h6,8-9,14-15,27,30H,3-5,7,10-13H2,1-2H3. The van der Waals surface area contributed by atoms with Gasteiger partial charge in [0.1, 0.15) is 28.8 Å². The lowest BCUT2D eigenvalue weighted by Gasteiger charge is -2.34. The van der Waals surface area contributed by atoms with Crippen molar-refractivity contribution in [2.45, 2.75) is 51.5 Å². The highest BCUT2D eigenvalue weighted by Crippen LogP contribution is 2.45. The second-order valence-corrected chi connectivity index (χ2v) is 8.79. The van der Waals surface area contributed by atoms with E-state index >= 15 is 0 Å². The molecule has 0 bridgehead atoms. The summed E-state index contributed by atoms with van der Waals surface area (Å²) >= 11 is 6.71. The molecule has 1 saturated heterocycles. The van der Waals surface area contributed by atoms with Crippen LogP contribution in [0.1, 0.15) is 61.5 Å². The van der Waals surface area contributed by atoms with Crippen LogP contribution in [-0.2, 0) is 0 Å². The van der Waals surface area contributed by atoms with Gasteiger partial charge in [0.2, 0.25) is 0 Å². The van der Waals surface area contributed by atoms with Crippen molar-refractivity contribution in [2.75, 3.05) is 26.2 Å². The number of halogens is 2. The maximum atomic E-state index is 14.8. The quantitative estimate of drug-likeness (QED) is 0.650. The van der Waals surface area contributed by atoms with E-state index in [0.717, 1.165) is 25.7 Å². The molecule has 2 aliphatic rings. The number of unbranched alkanes of at least 4 members (excludes halogenated alkanes) is 1. The van der Waals surface area contributed by atoms with E-state index in [0.29, 0.717) is 30.9 Å². The number of benzene rings is 1. The molecule has 1 aromatic carbocycles. The molecule has 3 heterocycles. The highest BCUT2D eigenvalue weighted by Gasteiger charge is 2.38. The fourth-order valence-electron chi connectivity index (χ4n) is 4.59. The van der Waals surface area contributed by atoms with Gasteiger partial charge >= 0.3 is 0 Å². The average Bonchev–Trinajstić information content (AvgIpc) is 2.94. The Morgan fingerprint density at radius 2 is 2.19 bits per heavy atom. The summed E-state index contributed by atoms with van der Waals surface area (Å²) < 4.78 is 20.9. The number of nitrogens with zero attached hydrogens (tertiary/aromatic N) is 2. The number of fused-ring (bicyclic) bond motifs is 2. The Bertz CT molecular complexity index is 996. The molecule has 2 aromatic rings. The summed E-state index contributed by atoms with van der Waals surface area (Å²) in [6.07, 6.45) is 3.60. The number of piperazine rings is 1. The van der Waals surface area contributed by atoms with Crippen LogP contribution in [0.2, 0.25) is 5.02 Å². The topological polar surface area (TPSA) is 74.7 Å². The first-order valence-corrected chi connectivity index (χ1v) is 11.7. The van der Waals surface area contributed by atoms with Crippen LogP contribution in [0.3, 0.4) is 0 Å². The number of nitrogens with one attached hydrogen (secondary N) is 1. The summed E-state index contributed by atoms with van der Waals surface area (Å²) in [7, 11) is 0. The van der Waals surface area contributed by atoms with Crippen molar-refractivity contribution in [1.29, 1.82) is 0 Å². The van der Waals surface area contributed by atoms with Gasteiger partial charge in [-0.1, -0.05) is 44.4 Å². The minimum absolute atomic E-state index is 0.0133. The number of aromatic nitrogens is 1. The first kappa shape index (κ1) is 22.8. The van der Waals surface area contributed by atoms with E-state index < -0.39 is 5.82 Å². The first-order valence-electron chi connectivity index (χ1n) is 11.3. The van der Waals surface area contributed by atoms with Crippen LogP contribution < -0.4 is 10.1 Å². The van der Waals surface area contributed by atoms with Crippen molar-refractivity contribution >= 4 is 17.5 Å². The number of carbonyl (C=O) groups is 1. The molecule has 0 radical (unpaired) electrons. The van der Waals surface area contributed by atoms with Gasteiger partial charge in [0, 0.05) is 25.6 Å². The molecule has 172 valence electrons. The number of phenolic OH excluding ortho intramolecular Hbond substituents is 1. The molecular weight excluding hydrogens is 433 g/mol. The van der Waals surface area contributed by atoms with Gasteiger partial charge in [-0.3, -0.25) is 4.79 Å². The normalized spacial score (nSPS) is 19.1. The minimum atomic E-state index is -0.631. The van der Waals surface area contributed by atoms with Crippen LogP contribution in [0, 0.1) is 5.82 Å². The predicted octanol–water partition coefficient (Wildman–Crippen LogP) is 4.74. The molecule has 6 nitrogen and oxygen atoms in total. The summed E-state index contributed by atoms with van der Waals surface area (Å²) in [5, 5.41) is 13.8. The molecule has 2 aliphatic heterocycles. The highest BCUT2D eigenvalue weighted by atomic mass is 35.5. The molecule has 0 aliphatic carbocycles. The summed E-state index contributed by atoms with van der Waals surface area (Å²) in [6.45, 7) is 6.37. The fraction of sp³-hybridized carbons (Fsp3) is 0.500. The molecule has 8 heteroatoms. The van der Waals surface area contributed by atoms with Crippen molar-refractivity contribution in [3.05, 3.63) is 40.3 Å². The SMILES string of the molecule is CCCCC(CC)c1nc(-c2c(O)cccc2F)c(Cl)c2c1C(=O)N1CCNCC1CO2. The van der Waals surface area contributed by atoms with E-state index in [1.54, 1.807) is 0 Å². The highest BCUT2D eigenvalue weighted by molar-refractivity contribution is 6.35. The third-order valence-corrected chi connectivity index (χ3v) is 6.73. The van der Waals surface area contributed by atoms with E-state index in [-0.39, 0.29) is 52.3 Å². The lowest BCUT2D eigenvalue weighted by Crippen LogP contribution is -2.55. The van der Waals surface area contributed by atoms with E-state index in [2.05, 4.69) is 19.2 Å². The van der Waals surface area contributed by atoms with Crippen LogP contribution in [-0.4, -0.2) is 53.2 Å². The zero-order valence-electron chi connectivity index (χ0n) is 18.5. The molecule has 1 fully saturated rings. The minimum Gasteiger partial charge on any atom is -0.507 e. The van der Waals surface area contributed by atoms with Crippen molar-refractivity contribution in [3.63, 3.8) is 0 Å². The van der Waals surface area contributed by atoms with Crippen molar-refractivity contribution in [3.8, 4) is 22.8 Å². The second-order valence-electron chi connectivity index (χ2n) is 8.41. The maximum absolute atomic E-state index is 14.8. The molecule has 2 atom stereocenters. The van der Waals surface area contributed by atoms with Crippen LogP contribution in [0.25, 0.3) is 11.3 Å². The van der Waals surface area contributed by atoms with Gasteiger partial charge in [-0.25, -0.2) is 9.37 Å². The lowest BCUT2D eigenvalue weighted by molar-refractivity contribution is 0.0605. The Morgan fingerprint density at radius 1 is 1.38 bits per heavy atom. The van der Waals surface area contributed by atoms with Gasteiger partial charge in [-0.15, -0.1) is 0 Å². The molecule has 0 spiro atoms. The van der Waals surface area contributed by atoms with Crippen molar-refractivity contribution in [2.24, 2.45) is 0 Å². The van der Waals surface area contributed by atoms with Crippen molar-refractivity contribution in [1.82, 2.24) is 15.2 Å². The third kappa shape index (κ3) is 4.04. The number of carbonyl (C=O) groups excluding carboxylic acids is 1. The Balaban J connectivity index is 1.96. The first-order chi connectivity index (χ1) is 15.5. The molecule has 32 heavy (non-hydrogen) atoms. The van der Waals surface area contributed by atoms with Gasteiger partial charge in [0.15, 0.2) is 5.75 Å².